The Bertz CT molecular complexity index is 830. The van der Waals surface area contributed by atoms with E-state index in [1.165, 1.54) is 0 Å². The van der Waals surface area contributed by atoms with Gasteiger partial charge in [-0.15, -0.1) is 0 Å². The molecule has 0 saturated carbocycles. The molecule has 3 heterocycles. The van der Waals surface area contributed by atoms with Gasteiger partial charge in [0.05, 0.1) is 12.8 Å². The van der Waals surface area contributed by atoms with E-state index in [2.05, 4.69) is 4.90 Å². The van der Waals surface area contributed by atoms with E-state index in [9.17, 15) is 4.79 Å². The SMILES string of the molecule is COc1ccc(-c2nc(CN3CCCC34CCCN(C)C4=O)c(C)o2)cc1. The Hall–Kier alpha value is -2.34. The highest BCUT2D eigenvalue weighted by Gasteiger charge is 2.50. The molecule has 1 unspecified atom stereocenters. The van der Waals surface area contributed by atoms with Crippen molar-refractivity contribution in [3.8, 4) is 17.2 Å². The van der Waals surface area contributed by atoms with Crippen LogP contribution < -0.4 is 4.74 Å². The van der Waals surface area contributed by atoms with Crippen molar-refractivity contribution >= 4 is 5.91 Å². The molecular formula is C21H27N3O3. The predicted molar refractivity (Wildman–Crippen MR) is 102 cm³/mol. The molecule has 2 aliphatic heterocycles. The number of methoxy groups -OCH3 is 1. The maximum absolute atomic E-state index is 13.0. The van der Waals surface area contributed by atoms with Gasteiger partial charge in [-0.05, 0) is 63.4 Å². The van der Waals surface area contributed by atoms with Crippen molar-refractivity contribution in [1.82, 2.24) is 14.8 Å². The normalized spacial score (nSPS) is 23.4. The molecule has 0 aliphatic carbocycles. The molecular weight excluding hydrogens is 342 g/mol. The molecule has 0 radical (unpaired) electrons. The average molecular weight is 369 g/mol. The summed E-state index contributed by atoms with van der Waals surface area (Å²) >= 11 is 0. The highest BCUT2D eigenvalue weighted by molar-refractivity contribution is 5.87. The number of carbonyl (C=O) groups excluding carboxylic acids is 1. The third-order valence-corrected chi connectivity index (χ3v) is 6.02. The third kappa shape index (κ3) is 3.12. The first-order chi connectivity index (χ1) is 13.0. The number of hydrogen-bond acceptors (Lipinski definition) is 5. The highest BCUT2D eigenvalue weighted by atomic mass is 16.5. The van der Waals surface area contributed by atoms with Crippen molar-refractivity contribution in [2.45, 2.75) is 44.7 Å². The lowest BCUT2D eigenvalue weighted by atomic mass is 9.85. The van der Waals surface area contributed by atoms with Crippen molar-refractivity contribution in [3.05, 3.63) is 35.7 Å². The monoisotopic (exact) mass is 369 g/mol. The lowest BCUT2D eigenvalue weighted by Crippen LogP contribution is -2.58. The topological polar surface area (TPSA) is 58.8 Å². The number of ether oxygens (including phenoxy) is 1. The lowest BCUT2D eigenvalue weighted by Gasteiger charge is -2.43. The van der Waals surface area contributed by atoms with Gasteiger partial charge in [-0.25, -0.2) is 4.98 Å². The van der Waals surface area contributed by atoms with E-state index in [0.29, 0.717) is 12.4 Å². The second-order valence-electron chi connectivity index (χ2n) is 7.64. The molecule has 1 aromatic heterocycles. The zero-order chi connectivity index (χ0) is 19.0. The van der Waals surface area contributed by atoms with Crippen molar-refractivity contribution in [2.75, 3.05) is 27.2 Å². The molecule has 1 aromatic carbocycles. The number of benzene rings is 1. The molecule has 1 atom stereocenters. The summed E-state index contributed by atoms with van der Waals surface area (Å²) in [5, 5.41) is 0. The Kier molecular flexibility index (Phi) is 4.68. The van der Waals surface area contributed by atoms with E-state index < -0.39 is 0 Å². The minimum absolute atomic E-state index is 0.266. The summed E-state index contributed by atoms with van der Waals surface area (Å²) < 4.78 is 11.1. The second-order valence-corrected chi connectivity index (χ2v) is 7.64. The number of rotatable bonds is 4. The summed E-state index contributed by atoms with van der Waals surface area (Å²) in [6.07, 6.45) is 4.01. The minimum atomic E-state index is -0.349. The largest absolute Gasteiger partial charge is 0.497 e. The smallest absolute Gasteiger partial charge is 0.242 e. The van der Waals surface area contributed by atoms with Crippen molar-refractivity contribution in [3.63, 3.8) is 0 Å². The Morgan fingerprint density at radius 3 is 2.59 bits per heavy atom. The molecule has 2 aromatic rings. The van der Waals surface area contributed by atoms with Gasteiger partial charge in [-0.1, -0.05) is 0 Å². The fourth-order valence-electron chi connectivity index (χ4n) is 4.48. The first-order valence-corrected chi connectivity index (χ1v) is 9.65. The standard InChI is InChI=1S/C21H27N3O3/c1-15-18(22-19(27-15)16-6-8-17(26-3)9-7-16)14-24-13-5-11-21(24)10-4-12-23(2)20(21)25/h6-9H,4-5,10-14H2,1-3H3. The van der Waals surface area contributed by atoms with E-state index in [-0.39, 0.29) is 11.4 Å². The maximum Gasteiger partial charge on any atom is 0.242 e. The summed E-state index contributed by atoms with van der Waals surface area (Å²) in [5.41, 5.74) is 1.50. The average Bonchev–Trinajstić information content (AvgIpc) is 3.25. The third-order valence-electron chi connectivity index (χ3n) is 6.02. The van der Waals surface area contributed by atoms with E-state index in [1.807, 2.05) is 43.1 Å². The molecule has 1 amide bonds. The van der Waals surface area contributed by atoms with E-state index >= 15 is 0 Å². The Balaban J connectivity index is 1.57. The minimum Gasteiger partial charge on any atom is -0.497 e. The second kappa shape index (κ2) is 7.00. The van der Waals surface area contributed by atoms with Gasteiger partial charge in [0.25, 0.3) is 0 Å². The van der Waals surface area contributed by atoms with E-state index in [4.69, 9.17) is 14.1 Å². The van der Waals surface area contributed by atoms with E-state index in [0.717, 1.165) is 61.5 Å². The number of likely N-dealkylation sites (N-methyl/N-ethyl adjacent to an activating group) is 1. The lowest BCUT2D eigenvalue weighted by molar-refractivity contribution is -0.146. The number of oxazole rings is 1. The van der Waals surface area contributed by atoms with Crippen LogP contribution in [0.4, 0.5) is 0 Å². The number of nitrogens with zero attached hydrogens (tertiary/aromatic N) is 3. The van der Waals surface area contributed by atoms with Crippen LogP contribution in [0.5, 0.6) is 5.75 Å². The molecule has 4 rings (SSSR count). The van der Waals surface area contributed by atoms with Crippen LogP contribution in [0.15, 0.2) is 28.7 Å². The fraction of sp³-hybridized carbons (Fsp3) is 0.524. The van der Waals surface area contributed by atoms with Crippen LogP contribution in [0.3, 0.4) is 0 Å². The number of amides is 1. The quantitative estimate of drug-likeness (QED) is 0.828. The Morgan fingerprint density at radius 2 is 1.89 bits per heavy atom. The Morgan fingerprint density at radius 1 is 1.19 bits per heavy atom. The number of hydrogen-bond donors (Lipinski definition) is 0. The van der Waals surface area contributed by atoms with Crippen LogP contribution in [0.2, 0.25) is 0 Å². The molecule has 2 aliphatic rings. The zero-order valence-corrected chi connectivity index (χ0v) is 16.3. The summed E-state index contributed by atoms with van der Waals surface area (Å²) in [4.78, 5) is 21.9. The molecule has 0 bridgehead atoms. The summed E-state index contributed by atoms with van der Waals surface area (Å²) in [5.74, 6) is 2.51. The number of likely N-dealkylation sites (tertiary alicyclic amines) is 2. The van der Waals surface area contributed by atoms with Crippen molar-refractivity contribution in [1.29, 1.82) is 0 Å². The summed E-state index contributed by atoms with van der Waals surface area (Å²) in [6, 6.07) is 7.71. The Labute approximate surface area is 160 Å². The van der Waals surface area contributed by atoms with Crippen LogP contribution in [0.25, 0.3) is 11.5 Å². The van der Waals surface area contributed by atoms with Crippen LogP contribution in [-0.4, -0.2) is 53.5 Å². The number of aromatic nitrogens is 1. The van der Waals surface area contributed by atoms with Crippen LogP contribution in [-0.2, 0) is 11.3 Å². The van der Waals surface area contributed by atoms with Gasteiger partial charge in [0.2, 0.25) is 11.8 Å². The maximum atomic E-state index is 13.0. The van der Waals surface area contributed by atoms with Crippen LogP contribution in [0, 0.1) is 6.92 Å². The van der Waals surface area contributed by atoms with Gasteiger partial charge in [0, 0.05) is 25.7 Å². The zero-order valence-electron chi connectivity index (χ0n) is 16.3. The fourth-order valence-corrected chi connectivity index (χ4v) is 4.48. The summed E-state index contributed by atoms with van der Waals surface area (Å²) in [7, 11) is 3.57. The van der Waals surface area contributed by atoms with Crippen LogP contribution >= 0.6 is 0 Å². The first kappa shape index (κ1) is 18.0. The molecule has 6 nitrogen and oxygen atoms in total. The molecule has 144 valence electrons. The molecule has 6 heteroatoms. The molecule has 0 N–H and O–H groups in total. The number of carbonyl (C=O) groups is 1. The molecule has 2 fully saturated rings. The highest BCUT2D eigenvalue weighted by Crippen LogP contribution is 2.39. The van der Waals surface area contributed by atoms with Crippen LogP contribution in [0.1, 0.15) is 37.1 Å². The predicted octanol–water partition coefficient (Wildman–Crippen LogP) is 3.25. The molecule has 27 heavy (non-hydrogen) atoms. The summed E-state index contributed by atoms with van der Waals surface area (Å²) in [6.45, 7) is 4.40. The first-order valence-electron chi connectivity index (χ1n) is 9.65. The number of piperidine rings is 1. The number of aryl methyl sites for hydroxylation is 1. The molecule has 1 spiro atoms. The van der Waals surface area contributed by atoms with Gasteiger partial charge >= 0.3 is 0 Å². The van der Waals surface area contributed by atoms with Gasteiger partial charge in [-0.2, -0.15) is 0 Å². The molecule has 2 saturated heterocycles. The van der Waals surface area contributed by atoms with Crippen molar-refractivity contribution in [2.24, 2.45) is 0 Å². The van der Waals surface area contributed by atoms with Gasteiger partial charge in [0.1, 0.15) is 17.0 Å². The van der Waals surface area contributed by atoms with Crippen molar-refractivity contribution < 1.29 is 13.9 Å². The van der Waals surface area contributed by atoms with Gasteiger partial charge in [0.15, 0.2) is 0 Å². The van der Waals surface area contributed by atoms with Gasteiger partial charge < -0.3 is 14.1 Å². The van der Waals surface area contributed by atoms with Gasteiger partial charge in [-0.3, -0.25) is 9.69 Å². The van der Waals surface area contributed by atoms with E-state index in [1.54, 1.807) is 7.11 Å².